The van der Waals surface area contributed by atoms with Gasteiger partial charge < -0.3 is 4.90 Å². The lowest BCUT2D eigenvalue weighted by Crippen LogP contribution is -2.38. The maximum absolute atomic E-state index is 3.49. The first-order valence-corrected chi connectivity index (χ1v) is 5.61. The van der Waals surface area contributed by atoms with E-state index in [-0.39, 0.29) is 0 Å². The monoisotopic (exact) mass is 239 g/mol. The van der Waals surface area contributed by atoms with Crippen LogP contribution in [0.2, 0.25) is 0 Å². The van der Waals surface area contributed by atoms with Crippen LogP contribution >= 0.6 is 15.9 Å². The summed E-state index contributed by atoms with van der Waals surface area (Å²) in [6.45, 7) is 3.82. The summed E-state index contributed by atoms with van der Waals surface area (Å²) < 4.78 is 1.19. The van der Waals surface area contributed by atoms with Gasteiger partial charge in [-0.1, -0.05) is 28.1 Å². The van der Waals surface area contributed by atoms with Crippen LogP contribution in [0.1, 0.15) is 12.0 Å². The topological polar surface area (TPSA) is 3.24 Å². The van der Waals surface area contributed by atoms with Gasteiger partial charge in [-0.3, -0.25) is 0 Å². The molecule has 1 aromatic carbocycles. The van der Waals surface area contributed by atoms with Crippen molar-refractivity contribution in [3.05, 3.63) is 34.3 Å². The molecule has 0 unspecified atom stereocenters. The summed E-state index contributed by atoms with van der Waals surface area (Å²) in [6.07, 6.45) is 2.57. The first-order chi connectivity index (χ1) is 6.34. The smallest absolute Gasteiger partial charge is 0.0178 e. The molecular weight excluding hydrogens is 226 g/mol. The third-order valence-corrected chi connectivity index (χ3v) is 3.05. The molecule has 1 nitrogen and oxygen atoms in total. The zero-order chi connectivity index (χ0) is 9.10. The van der Waals surface area contributed by atoms with E-state index in [9.17, 15) is 0 Å². The maximum atomic E-state index is 3.49. The van der Waals surface area contributed by atoms with E-state index in [4.69, 9.17) is 0 Å². The fourth-order valence-electron chi connectivity index (χ4n) is 1.59. The average molecular weight is 240 g/mol. The highest BCUT2D eigenvalue weighted by atomic mass is 79.9. The second-order valence-corrected chi connectivity index (χ2v) is 4.49. The molecule has 1 saturated heterocycles. The highest BCUT2D eigenvalue weighted by Crippen LogP contribution is 2.13. The minimum atomic E-state index is 1.18. The number of hydrogen-bond acceptors (Lipinski definition) is 1. The van der Waals surface area contributed by atoms with Gasteiger partial charge in [0.25, 0.3) is 0 Å². The molecular formula is C11H14BrN. The van der Waals surface area contributed by atoms with E-state index in [0.717, 1.165) is 0 Å². The fourth-order valence-corrected chi connectivity index (χ4v) is 2.03. The molecule has 2 rings (SSSR count). The van der Waals surface area contributed by atoms with E-state index in [1.807, 2.05) is 0 Å². The van der Waals surface area contributed by atoms with Crippen LogP contribution in [-0.4, -0.2) is 24.5 Å². The highest BCUT2D eigenvalue weighted by molar-refractivity contribution is 9.10. The van der Waals surface area contributed by atoms with E-state index >= 15 is 0 Å². The number of nitrogens with zero attached hydrogens (tertiary/aromatic N) is 1. The molecule has 70 valence electrons. The van der Waals surface area contributed by atoms with E-state index < -0.39 is 0 Å². The van der Waals surface area contributed by atoms with Crippen LogP contribution in [0, 0.1) is 0 Å². The van der Waals surface area contributed by atoms with Gasteiger partial charge in [-0.2, -0.15) is 0 Å². The fraction of sp³-hybridized carbons (Fsp3) is 0.455. The van der Waals surface area contributed by atoms with Crippen LogP contribution < -0.4 is 0 Å². The molecule has 0 bridgehead atoms. The standard InChI is InChI=1S/C11H14BrN/c12-11-4-1-3-10(9-11)5-8-13-6-2-7-13/h1,3-4,9H,2,5-8H2. The molecule has 0 saturated carbocycles. The molecule has 0 spiro atoms. The van der Waals surface area contributed by atoms with E-state index in [1.54, 1.807) is 0 Å². The predicted octanol–water partition coefficient (Wildman–Crippen LogP) is 2.70. The van der Waals surface area contributed by atoms with Crippen molar-refractivity contribution in [3.8, 4) is 0 Å². The van der Waals surface area contributed by atoms with Crippen LogP contribution in [0.15, 0.2) is 28.7 Å². The minimum absolute atomic E-state index is 1.18. The third-order valence-electron chi connectivity index (χ3n) is 2.55. The molecule has 0 atom stereocenters. The van der Waals surface area contributed by atoms with Crippen molar-refractivity contribution in [2.24, 2.45) is 0 Å². The Kier molecular flexibility index (Phi) is 3.01. The summed E-state index contributed by atoms with van der Waals surface area (Å²) in [6, 6.07) is 8.59. The van der Waals surface area contributed by atoms with Crippen molar-refractivity contribution < 1.29 is 0 Å². The average Bonchev–Trinajstić information content (AvgIpc) is 2.01. The van der Waals surface area contributed by atoms with E-state index in [1.165, 1.54) is 42.5 Å². The van der Waals surface area contributed by atoms with Gasteiger partial charge in [0, 0.05) is 11.0 Å². The zero-order valence-corrected chi connectivity index (χ0v) is 9.26. The Morgan fingerprint density at radius 3 is 2.77 bits per heavy atom. The first kappa shape index (κ1) is 9.22. The van der Waals surface area contributed by atoms with Crippen molar-refractivity contribution in [2.75, 3.05) is 19.6 Å². The van der Waals surface area contributed by atoms with Gasteiger partial charge in [0.15, 0.2) is 0 Å². The Labute approximate surface area is 87.9 Å². The molecule has 1 heterocycles. The summed E-state index contributed by atoms with van der Waals surface area (Å²) in [5.74, 6) is 0. The van der Waals surface area contributed by atoms with Gasteiger partial charge in [-0.05, 0) is 43.6 Å². The molecule has 0 N–H and O–H groups in total. The summed E-state index contributed by atoms with van der Waals surface area (Å²) in [7, 11) is 0. The molecule has 0 radical (unpaired) electrons. The Hall–Kier alpha value is -0.340. The normalized spacial score (nSPS) is 17.0. The van der Waals surface area contributed by atoms with Crippen molar-refractivity contribution in [1.82, 2.24) is 4.90 Å². The summed E-state index contributed by atoms with van der Waals surface area (Å²) in [4.78, 5) is 2.50. The van der Waals surface area contributed by atoms with Gasteiger partial charge in [0.2, 0.25) is 0 Å². The number of hydrogen-bond donors (Lipinski definition) is 0. The highest BCUT2D eigenvalue weighted by Gasteiger charge is 2.12. The predicted molar refractivity (Wildman–Crippen MR) is 58.9 cm³/mol. The number of rotatable bonds is 3. The van der Waals surface area contributed by atoms with Crippen LogP contribution in [0.3, 0.4) is 0 Å². The quantitative estimate of drug-likeness (QED) is 0.785. The number of halogens is 1. The Bertz CT molecular complexity index is 281. The van der Waals surface area contributed by atoms with E-state index in [0.29, 0.717) is 0 Å². The summed E-state index contributed by atoms with van der Waals surface area (Å²) >= 11 is 3.49. The molecule has 1 fully saturated rings. The summed E-state index contributed by atoms with van der Waals surface area (Å²) in [5, 5.41) is 0. The van der Waals surface area contributed by atoms with Crippen molar-refractivity contribution in [3.63, 3.8) is 0 Å². The van der Waals surface area contributed by atoms with Crippen molar-refractivity contribution in [1.29, 1.82) is 0 Å². The maximum Gasteiger partial charge on any atom is 0.0178 e. The lowest BCUT2D eigenvalue weighted by molar-refractivity contribution is 0.184. The molecule has 1 aromatic rings. The largest absolute Gasteiger partial charge is 0.303 e. The third kappa shape index (κ3) is 2.55. The SMILES string of the molecule is Brc1cccc(CCN2CCC2)c1. The lowest BCUT2D eigenvalue weighted by Gasteiger charge is -2.30. The van der Waals surface area contributed by atoms with Crippen LogP contribution in [0.25, 0.3) is 0 Å². The molecule has 1 aliphatic rings. The van der Waals surface area contributed by atoms with Crippen LogP contribution in [0.5, 0.6) is 0 Å². The second kappa shape index (κ2) is 4.25. The molecule has 13 heavy (non-hydrogen) atoms. The Morgan fingerprint density at radius 2 is 2.15 bits per heavy atom. The van der Waals surface area contributed by atoms with Crippen LogP contribution in [0.4, 0.5) is 0 Å². The van der Waals surface area contributed by atoms with Gasteiger partial charge >= 0.3 is 0 Å². The van der Waals surface area contributed by atoms with Gasteiger partial charge in [-0.15, -0.1) is 0 Å². The summed E-state index contributed by atoms with van der Waals surface area (Å²) in [5.41, 5.74) is 1.43. The van der Waals surface area contributed by atoms with Crippen LogP contribution in [-0.2, 0) is 6.42 Å². The zero-order valence-electron chi connectivity index (χ0n) is 7.67. The van der Waals surface area contributed by atoms with Gasteiger partial charge in [0.1, 0.15) is 0 Å². The molecule has 2 heteroatoms. The lowest BCUT2D eigenvalue weighted by atomic mass is 10.1. The van der Waals surface area contributed by atoms with Gasteiger partial charge in [0.05, 0.1) is 0 Å². The number of likely N-dealkylation sites (tertiary alicyclic amines) is 1. The molecule has 1 aliphatic heterocycles. The Morgan fingerprint density at radius 1 is 1.31 bits per heavy atom. The molecule has 0 aliphatic carbocycles. The van der Waals surface area contributed by atoms with Crippen molar-refractivity contribution in [2.45, 2.75) is 12.8 Å². The molecule has 0 amide bonds. The minimum Gasteiger partial charge on any atom is -0.303 e. The van der Waals surface area contributed by atoms with E-state index in [2.05, 4.69) is 45.1 Å². The second-order valence-electron chi connectivity index (χ2n) is 3.58. The van der Waals surface area contributed by atoms with Crippen molar-refractivity contribution >= 4 is 15.9 Å². The molecule has 0 aromatic heterocycles. The van der Waals surface area contributed by atoms with Gasteiger partial charge in [-0.25, -0.2) is 0 Å². The first-order valence-electron chi connectivity index (χ1n) is 4.81. The Balaban J connectivity index is 1.86. The number of benzene rings is 1.